The van der Waals surface area contributed by atoms with Crippen molar-refractivity contribution in [2.45, 2.75) is 51.9 Å². The molecule has 0 N–H and O–H groups in total. The van der Waals surface area contributed by atoms with E-state index in [1.807, 2.05) is 49.1 Å². The number of hydrogen-bond donors (Lipinski definition) is 0. The molecule has 0 spiro atoms. The highest BCUT2D eigenvalue weighted by molar-refractivity contribution is 5.07. The first-order valence-corrected chi connectivity index (χ1v) is 12.9. The predicted octanol–water partition coefficient (Wildman–Crippen LogP) is 5.53. The molecule has 0 atom stereocenters. The highest BCUT2D eigenvalue weighted by Crippen LogP contribution is 2.12. The molecule has 4 aromatic rings. The minimum Gasteiger partial charge on any atom is -0.292 e. The molecule has 0 radical (unpaired) electrons. The maximum absolute atomic E-state index is 4.53. The number of rotatable bonds is 15. The van der Waals surface area contributed by atoms with Crippen LogP contribution in [0.2, 0.25) is 0 Å². The Kier molecular flexibility index (Phi) is 10.5. The van der Waals surface area contributed by atoms with Crippen LogP contribution in [0.1, 0.15) is 48.5 Å². The Morgan fingerprint density at radius 1 is 0.389 bits per heavy atom. The zero-order chi connectivity index (χ0) is 24.7. The summed E-state index contributed by atoms with van der Waals surface area (Å²) < 4.78 is 0. The van der Waals surface area contributed by atoms with Crippen LogP contribution in [0.3, 0.4) is 0 Å². The molecule has 0 saturated heterocycles. The summed E-state index contributed by atoms with van der Waals surface area (Å²) in [6, 6.07) is 24.5. The van der Waals surface area contributed by atoms with Crippen LogP contribution in [0.4, 0.5) is 0 Å². The van der Waals surface area contributed by atoms with Gasteiger partial charge >= 0.3 is 0 Å². The first kappa shape index (κ1) is 25.6. The third kappa shape index (κ3) is 9.29. The summed E-state index contributed by atoms with van der Waals surface area (Å²) in [4.78, 5) is 23.0. The monoisotopic (exact) mass is 480 g/mol. The van der Waals surface area contributed by atoms with Gasteiger partial charge < -0.3 is 0 Å². The van der Waals surface area contributed by atoms with Crippen molar-refractivity contribution in [3.8, 4) is 0 Å². The molecule has 0 aromatic carbocycles. The van der Waals surface area contributed by atoms with E-state index >= 15 is 0 Å². The molecule has 4 aromatic heterocycles. The van der Waals surface area contributed by atoms with Gasteiger partial charge in [-0.2, -0.15) is 0 Å². The zero-order valence-electron chi connectivity index (χ0n) is 21.0. The van der Waals surface area contributed by atoms with E-state index < -0.39 is 0 Å². The van der Waals surface area contributed by atoms with Crippen molar-refractivity contribution < 1.29 is 0 Å². The summed E-state index contributed by atoms with van der Waals surface area (Å²) >= 11 is 0. The maximum Gasteiger partial charge on any atom is 0.0544 e. The van der Waals surface area contributed by atoms with Crippen LogP contribution in [0.15, 0.2) is 97.6 Å². The van der Waals surface area contributed by atoms with Crippen LogP contribution in [-0.2, 0) is 26.2 Å². The van der Waals surface area contributed by atoms with E-state index in [9.17, 15) is 0 Å². The van der Waals surface area contributed by atoms with Gasteiger partial charge in [0.15, 0.2) is 0 Å². The van der Waals surface area contributed by atoms with Gasteiger partial charge in [0.25, 0.3) is 0 Å². The van der Waals surface area contributed by atoms with Gasteiger partial charge in [-0.15, -0.1) is 0 Å². The Balaban J connectivity index is 1.24. The highest BCUT2D eigenvalue weighted by Gasteiger charge is 2.10. The predicted molar refractivity (Wildman–Crippen MR) is 144 cm³/mol. The van der Waals surface area contributed by atoms with Gasteiger partial charge in [0.05, 0.1) is 22.8 Å². The Bertz CT molecular complexity index is 919. The Morgan fingerprint density at radius 2 is 0.694 bits per heavy atom. The Morgan fingerprint density at radius 3 is 0.944 bits per heavy atom. The molecular weight excluding hydrogens is 444 g/mol. The second-order valence-electron chi connectivity index (χ2n) is 9.12. The SMILES string of the molecule is c1ccc(CN(CCCCCCN(Cc2ccccn2)Cc2ccccn2)Cc2ccccn2)nc1. The van der Waals surface area contributed by atoms with Crippen LogP contribution < -0.4 is 0 Å². The van der Waals surface area contributed by atoms with Gasteiger partial charge in [0, 0.05) is 51.0 Å². The average Bonchev–Trinajstić information content (AvgIpc) is 2.93. The third-order valence-electron chi connectivity index (χ3n) is 6.15. The lowest BCUT2D eigenvalue weighted by Crippen LogP contribution is -2.26. The van der Waals surface area contributed by atoms with Gasteiger partial charge in [0.2, 0.25) is 0 Å². The fourth-order valence-corrected chi connectivity index (χ4v) is 4.34. The number of nitrogens with zero attached hydrogens (tertiary/aromatic N) is 6. The lowest BCUT2D eigenvalue weighted by Gasteiger charge is -2.23. The molecule has 4 heterocycles. The fourth-order valence-electron chi connectivity index (χ4n) is 4.34. The van der Waals surface area contributed by atoms with Gasteiger partial charge in [-0.3, -0.25) is 29.7 Å². The average molecular weight is 481 g/mol. The molecule has 4 rings (SSSR count). The van der Waals surface area contributed by atoms with E-state index in [0.29, 0.717) is 0 Å². The van der Waals surface area contributed by atoms with Crippen molar-refractivity contribution in [3.63, 3.8) is 0 Å². The summed E-state index contributed by atoms with van der Waals surface area (Å²) in [5.41, 5.74) is 4.42. The van der Waals surface area contributed by atoms with E-state index in [1.54, 1.807) is 0 Å². The number of aromatic nitrogens is 4. The zero-order valence-corrected chi connectivity index (χ0v) is 21.0. The van der Waals surface area contributed by atoms with Crippen molar-refractivity contribution >= 4 is 0 Å². The minimum atomic E-state index is 0.847. The molecule has 0 amide bonds. The lowest BCUT2D eigenvalue weighted by molar-refractivity contribution is 0.234. The number of pyridine rings is 4. The maximum atomic E-state index is 4.53. The summed E-state index contributed by atoms with van der Waals surface area (Å²) in [6.45, 7) is 5.47. The van der Waals surface area contributed by atoms with Crippen LogP contribution in [-0.4, -0.2) is 42.8 Å². The van der Waals surface area contributed by atoms with Crippen molar-refractivity contribution in [2.24, 2.45) is 0 Å². The summed E-state index contributed by atoms with van der Waals surface area (Å²) in [5, 5.41) is 0. The molecular formula is C30H36N6. The molecule has 0 fully saturated rings. The van der Waals surface area contributed by atoms with Crippen LogP contribution in [0.5, 0.6) is 0 Å². The second kappa shape index (κ2) is 14.8. The molecule has 186 valence electrons. The standard InChI is InChI=1S/C30H36N6/c1(11-21-35(23-27-13-3-7-17-31-27)24-28-14-4-8-18-32-28)2-12-22-36(25-29-15-5-9-19-33-29)26-30-16-6-10-20-34-30/h3-10,13-20H,1-2,11-12,21-26H2. The second-order valence-corrected chi connectivity index (χ2v) is 9.12. The third-order valence-corrected chi connectivity index (χ3v) is 6.15. The molecule has 0 aliphatic heterocycles. The number of hydrogen-bond acceptors (Lipinski definition) is 6. The summed E-state index contributed by atoms with van der Waals surface area (Å²) in [6.07, 6.45) is 12.2. The van der Waals surface area contributed by atoms with Gasteiger partial charge in [-0.25, -0.2) is 0 Å². The van der Waals surface area contributed by atoms with Crippen molar-refractivity contribution in [3.05, 3.63) is 120 Å². The smallest absolute Gasteiger partial charge is 0.0544 e. The largest absolute Gasteiger partial charge is 0.292 e. The Labute approximate surface area is 215 Å². The fraction of sp³-hybridized carbons (Fsp3) is 0.333. The molecule has 0 saturated carbocycles. The van der Waals surface area contributed by atoms with Crippen molar-refractivity contribution in [1.82, 2.24) is 29.7 Å². The normalized spacial score (nSPS) is 11.3. The summed E-state index contributed by atoms with van der Waals surface area (Å²) in [7, 11) is 0. The molecule has 0 aliphatic rings. The van der Waals surface area contributed by atoms with E-state index in [-0.39, 0.29) is 0 Å². The summed E-state index contributed by atoms with van der Waals surface area (Å²) in [5.74, 6) is 0. The lowest BCUT2D eigenvalue weighted by atomic mass is 10.1. The topological polar surface area (TPSA) is 58.0 Å². The first-order chi connectivity index (χ1) is 17.8. The number of unbranched alkanes of at least 4 members (excludes halogenated alkanes) is 3. The van der Waals surface area contributed by atoms with E-state index in [2.05, 4.69) is 78.3 Å². The minimum absolute atomic E-state index is 0.847. The van der Waals surface area contributed by atoms with E-state index in [0.717, 1.165) is 62.0 Å². The van der Waals surface area contributed by atoms with E-state index in [4.69, 9.17) is 0 Å². The van der Waals surface area contributed by atoms with Gasteiger partial charge in [-0.1, -0.05) is 37.1 Å². The molecule has 0 aliphatic carbocycles. The molecule has 6 nitrogen and oxygen atoms in total. The molecule has 6 heteroatoms. The molecule has 0 bridgehead atoms. The molecule has 0 unspecified atom stereocenters. The van der Waals surface area contributed by atoms with Crippen molar-refractivity contribution in [1.29, 1.82) is 0 Å². The van der Waals surface area contributed by atoms with Crippen LogP contribution in [0, 0.1) is 0 Å². The van der Waals surface area contributed by atoms with Gasteiger partial charge in [0.1, 0.15) is 0 Å². The van der Waals surface area contributed by atoms with E-state index in [1.165, 1.54) is 25.7 Å². The highest BCUT2D eigenvalue weighted by atomic mass is 15.1. The van der Waals surface area contributed by atoms with Crippen LogP contribution >= 0.6 is 0 Å². The van der Waals surface area contributed by atoms with Gasteiger partial charge in [-0.05, 0) is 74.5 Å². The Hall–Kier alpha value is -3.48. The quantitative estimate of drug-likeness (QED) is 0.209. The first-order valence-electron chi connectivity index (χ1n) is 12.9. The molecule has 36 heavy (non-hydrogen) atoms. The van der Waals surface area contributed by atoms with Crippen molar-refractivity contribution in [2.75, 3.05) is 13.1 Å². The van der Waals surface area contributed by atoms with Crippen LogP contribution in [0.25, 0.3) is 0 Å².